The van der Waals surface area contributed by atoms with Crippen molar-refractivity contribution < 1.29 is 13.2 Å². The van der Waals surface area contributed by atoms with Crippen LogP contribution in [0.4, 0.5) is 5.69 Å². The summed E-state index contributed by atoms with van der Waals surface area (Å²) in [5.41, 5.74) is 3.11. The molecule has 0 aliphatic carbocycles. The van der Waals surface area contributed by atoms with Crippen LogP contribution >= 0.6 is 0 Å². The van der Waals surface area contributed by atoms with E-state index in [1.807, 2.05) is 59.4 Å². The second kappa shape index (κ2) is 8.11. The van der Waals surface area contributed by atoms with Crippen molar-refractivity contribution in [3.8, 4) is 0 Å². The zero-order chi connectivity index (χ0) is 21.1. The third-order valence-corrected chi connectivity index (χ3v) is 5.35. The third-order valence-electron chi connectivity index (χ3n) is 4.57. The minimum Gasteiger partial charge on any atom is -0.325 e. The van der Waals surface area contributed by atoms with E-state index in [-0.39, 0.29) is 18.2 Å². The fraction of sp³-hybridized carbons (Fsp3) is 0.190. The lowest BCUT2D eigenvalue weighted by Crippen LogP contribution is -2.21. The maximum Gasteiger partial charge on any atom is 0.244 e. The standard InChI is InChI=1S/C21H21N5O3S/c1-30(28,29)15-20-24-18-5-2-3-6-19(18)26(20)14-21(27)23-17-9-7-16(8-10-17)13-25-12-4-11-22-25/h2-12H,13-15H2,1H3,(H,23,27). The Morgan fingerprint density at radius 1 is 1.07 bits per heavy atom. The van der Waals surface area contributed by atoms with Gasteiger partial charge in [0, 0.05) is 24.3 Å². The van der Waals surface area contributed by atoms with Gasteiger partial charge < -0.3 is 9.88 Å². The Morgan fingerprint density at radius 2 is 1.83 bits per heavy atom. The highest BCUT2D eigenvalue weighted by atomic mass is 32.2. The molecule has 4 aromatic rings. The molecule has 0 aliphatic rings. The van der Waals surface area contributed by atoms with Crippen molar-refractivity contribution in [2.24, 2.45) is 0 Å². The second-order valence-corrected chi connectivity index (χ2v) is 9.26. The molecule has 0 bridgehead atoms. The lowest BCUT2D eigenvalue weighted by Gasteiger charge is -2.10. The minimum atomic E-state index is -3.29. The summed E-state index contributed by atoms with van der Waals surface area (Å²) in [7, 11) is -3.29. The first-order chi connectivity index (χ1) is 14.4. The van der Waals surface area contributed by atoms with E-state index in [2.05, 4.69) is 15.4 Å². The number of para-hydroxylation sites is 2. The number of hydrogen-bond donors (Lipinski definition) is 1. The monoisotopic (exact) mass is 423 g/mol. The Balaban J connectivity index is 1.50. The number of hydrogen-bond acceptors (Lipinski definition) is 5. The molecule has 30 heavy (non-hydrogen) atoms. The van der Waals surface area contributed by atoms with Gasteiger partial charge in [0.2, 0.25) is 5.91 Å². The molecule has 0 saturated carbocycles. The maximum absolute atomic E-state index is 12.7. The Kier molecular flexibility index (Phi) is 5.37. The van der Waals surface area contributed by atoms with Crippen molar-refractivity contribution in [3.63, 3.8) is 0 Å². The van der Waals surface area contributed by atoms with E-state index in [4.69, 9.17) is 0 Å². The predicted molar refractivity (Wildman–Crippen MR) is 115 cm³/mol. The molecule has 4 rings (SSSR count). The van der Waals surface area contributed by atoms with Crippen molar-refractivity contribution in [3.05, 3.63) is 78.4 Å². The number of imidazole rings is 1. The van der Waals surface area contributed by atoms with E-state index >= 15 is 0 Å². The van der Waals surface area contributed by atoms with Crippen molar-refractivity contribution in [2.45, 2.75) is 18.8 Å². The molecule has 2 heterocycles. The van der Waals surface area contributed by atoms with Crippen molar-refractivity contribution in [2.75, 3.05) is 11.6 Å². The first kappa shape index (κ1) is 19.8. The zero-order valence-electron chi connectivity index (χ0n) is 16.4. The van der Waals surface area contributed by atoms with E-state index < -0.39 is 9.84 Å². The summed E-state index contributed by atoms with van der Waals surface area (Å²) in [6, 6.07) is 16.7. The lowest BCUT2D eigenvalue weighted by molar-refractivity contribution is -0.116. The number of amides is 1. The van der Waals surface area contributed by atoms with Gasteiger partial charge in [-0.2, -0.15) is 5.10 Å². The number of aromatic nitrogens is 4. The van der Waals surface area contributed by atoms with E-state index in [1.165, 1.54) is 0 Å². The molecule has 9 heteroatoms. The zero-order valence-corrected chi connectivity index (χ0v) is 17.2. The number of nitrogens with one attached hydrogen (secondary N) is 1. The van der Waals surface area contributed by atoms with Crippen LogP contribution in [0.25, 0.3) is 11.0 Å². The fourth-order valence-corrected chi connectivity index (χ4v) is 3.95. The van der Waals surface area contributed by atoms with Crippen molar-refractivity contribution >= 4 is 32.5 Å². The first-order valence-electron chi connectivity index (χ1n) is 9.35. The molecule has 0 atom stereocenters. The van der Waals surface area contributed by atoms with Crippen molar-refractivity contribution in [1.82, 2.24) is 19.3 Å². The van der Waals surface area contributed by atoms with Gasteiger partial charge in [-0.1, -0.05) is 24.3 Å². The molecule has 8 nitrogen and oxygen atoms in total. The molecule has 0 aliphatic heterocycles. The summed E-state index contributed by atoms with van der Waals surface area (Å²) < 4.78 is 27.1. The van der Waals surface area contributed by atoms with Gasteiger partial charge in [-0.15, -0.1) is 0 Å². The molecule has 1 N–H and O–H groups in total. The largest absolute Gasteiger partial charge is 0.325 e. The highest BCUT2D eigenvalue weighted by Gasteiger charge is 2.17. The molecule has 1 amide bonds. The topological polar surface area (TPSA) is 98.9 Å². The molecule has 2 aromatic heterocycles. The van der Waals surface area contributed by atoms with E-state index in [0.717, 1.165) is 17.3 Å². The number of carbonyl (C=O) groups is 1. The average molecular weight is 423 g/mol. The Bertz CT molecular complexity index is 1280. The number of anilines is 1. The normalized spacial score (nSPS) is 11.6. The van der Waals surface area contributed by atoms with Gasteiger partial charge in [0.05, 0.1) is 17.6 Å². The molecule has 0 saturated heterocycles. The third kappa shape index (κ3) is 4.74. The Labute approximate surface area is 174 Å². The van der Waals surface area contributed by atoms with E-state index in [9.17, 15) is 13.2 Å². The number of nitrogens with zero attached hydrogens (tertiary/aromatic N) is 4. The quantitative estimate of drug-likeness (QED) is 0.492. The Morgan fingerprint density at radius 3 is 2.53 bits per heavy atom. The summed E-state index contributed by atoms with van der Waals surface area (Å²) in [5.74, 6) is -0.131. The highest BCUT2D eigenvalue weighted by Crippen LogP contribution is 2.18. The summed E-state index contributed by atoms with van der Waals surface area (Å²) in [4.78, 5) is 17.1. The van der Waals surface area contributed by atoms with Crippen LogP contribution < -0.4 is 5.32 Å². The molecule has 0 spiro atoms. The molecule has 2 aromatic carbocycles. The fourth-order valence-electron chi connectivity index (χ4n) is 3.27. The van der Waals surface area contributed by atoms with Gasteiger partial charge in [0.1, 0.15) is 18.1 Å². The SMILES string of the molecule is CS(=O)(=O)Cc1nc2ccccc2n1CC(=O)Nc1ccc(Cn2cccn2)cc1. The molecular formula is C21H21N5O3S. The van der Waals surface area contributed by atoms with E-state index in [0.29, 0.717) is 23.6 Å². The van der Waals surface area contributed by atoms with Crippen LogP contribution in [-0.4, -0.2) is 39.9 Å². The number of sulfone groups is 1. The number of benzene rings is 2. The van der Waals surface area contributed by atoms with Crippen molar-refractivity contribution in [1.29, 1.82) is 0 Å². The van der Waals surface area contributed by atoms with Gasteiger partial charge in [-0.05, 0) is 35.9 Å². The highest BCUT2D eigenvalue weighted by molar-refractivity contribution is 7.89. The van der Waals surface area contributed by atoms with Gasteiger partial charge in [0.25, 0.3) is 0 Å². The van der Waals surface area contributed by atoms with Gasteiger partial charge in [-0.25, -0.2) is 13.4 Å². The maximum atomic E-state index is 12.7. The van der Waals surface area contributed by atoms with Crippen LogP contribution in [0, 0.1) is 0 Å². The molecule has 0 radical (unpaired) electrons. The second-order valence-electron chi connectivity index (χ2n) is 7.12. The van der Waals surface area contributed by atoms with Crippen LogP contribution in [0.3, 0.4) is 0 Å². The minimum absolute atomic E-state index is 0.0274. The number of fused-ring (bicyclic) bond motifs is 1. The summed E-state index contributed by atoms with van der Waals surface area (Å²) in [5, 5.41) is 7.04. The lowest BCUT2D eigenvalue weighted by atomic mass is 10.2. The smallest absolute Gasteiger partial charge is 0.244 e. The van der Waals surface area contributed by atoms with Crippen LogP contribution in [0.1, 0.15) is 11.4 Å². The summed E-state index contributed by atoms with van der Waals surface area (Å²) in [6.45, 7) is 0.623. The summed E-state index contributed by atoms with van der Waals surface area (Å²) in [6.07, 6.45) is 4.77. The van der Waals surface area contributed by atoms with Gasteiger partial charge in [-0.3, -0.25) is 9.48 Å². The van der Waals surface area contributed by atoms with Crippen LogP contribution in [-0.2, 0) is 33.5 Å². The molecule has 154 valence electrons. The predicted octanol–water partition coefficient (Wildman–Crippen LogP) is 2.46. The van der Waals surface area contributed by atoms with E-state index in [1.54, 1.807) is 16.8 Å². The average Bonchev–Trinajstić information content (AvgIpc) is 3.31. The number of rotatable bonds is 7. The van der Waals surface area contributed by atoms with Gasteiger partial charge in [0.15, 0.2) is 9.84 Å². The molecule has 0 fully saturated rings. The molecular weight excluding hydrogens is 402 g/mol. The van der Waals surface area contributed by atoms with Crippen LogP contribution in [0.15, 0.2) is 67.0 Å². The van der Waals surface area contributed by atoms with Crippen LogP contribution in [0.5, 0.6) is 0 Å². The van der Waals surface area contributed by atoms with Crippen LogP contribution in [0.2, 0.25) is 0 Å². The molecule has 0 unspecified atom stereocenters. The summed E-state index contributed by atoms with van der Waals surface area (Å²) >= 11 is 0. The first-order valence-corrected chi connectivity index (χ1v) is 11.4. The Hall–Kier alpha value is -3.46. The number of carbonyl (C=O) groups excluding carboxylic acids is 1. The van der Waals surface area contributed by atoms with Gasteiger partial charge >= 0.3 is 0 Å².